The van der Waals surface area contributed by atoms with Crippen molar-refractivity contribution in [3.8, 4) is 0 Å². The first-order valence-electron chi connectivity index (χ1n) is 8.29. The number of benzene rings is 1. The van der Waals surface area contributed by atoms with Crippen LogP contribution < -0.4 is 0 Å². The molecule has 0 aromatic heterocycles. The summed E-state index contributed by atoms with van der Waals surface area (Å²) < 4.78 is 0. The molecule has 1 saturated carbocycles. The quantitative estimate of drug-likeness (QED) is 0.778. The van der Waals surface area contributed by atoms with Crippen LogP contribution in [0.5, 0.6) is 0 Å². The molecule has 1 aromatic rings. The largest absolute Gasteiger partial charge is 0.379 e. The molecule has 0 radical (unpaired) electrons. The summed E-state index contributed by atoms with van der Waals surface area (Å²) in [7, 11) is 1.97. The summed E-state index contributed by atoms with van der Waals surface area (Å²) in [5.74, 6) is -0.688. The Kier molecular flexibility index (Phi) is 5.08. The fourth-order valence-electron chi connectivity index (χ4n) is 3.64. The van der Waals surface area contributed by atoms with Gasteiger partial charge < -0.3 is 4.90 Å². The fourth-order valence-corrected chi connectivity index (χ4v) is 3.64. The van der Waals surface area contributed by atoms with Gasteiger partial charge in [-0.1, -0.05) is 24.3 Å². The highest BCUT2D eigenvalue weighted by Gasteiger charge is 2.43. The van der Waals surface area contributed by atoms with Crippen molar-refractivity contribution in [2.75, 3.05) is 13.6 Å². The lowest BCUT2D eigenvalue weighted by Crippen LogP contribution is -2.22. The average Bonchev–Trinajstić information content (AvgIpc) is 2.73. The lowest BCUT2D eigenvalue weighted by atomic mass is 9.86. The number of hydrogen-bond donors (Lipinski definition) is 0. The molecule has 1 aromatic carbocycles. The van der Waals surface area contributed by atoms with Crippen LogP contribution in [0.2, 0.25) is 0 Å². The van der Waals surface area contributed by atoms with Crippen LogP contribution in [0, 0.1) is 26.7 Å². The number of Topliss-reactive ketones (excluding diaryl/α,β-unsaturated/α-hetero) is 2. The van der Waals surface area contributed by atoms with E-state index in [1.165, 1.54) is 0 Å². The Balaban J connectivity index is 2.28. The second kappa shape index (κ2) is 6.69. The van der Waals surface area contributed by atoms with Gasteiger partial charge in [-0.15, -0.1) is 0 Å². The summed E-state index contributed by atoms with van der Waals surface area (Å²) >= 11 is 0. The van der Waals surface area contributed by atoms with Crippen LogP contribution in [0.25, 0.3) is 0 Å². The minimum absolute atomic E-state index is 0.0574. The van der Waals surface area contributed by atoms with Gasteiger partial charge in [0.2, 0.25) is 0 Å². The van der Waals surface area contributed by atoms with Gasteiger partial charge >= 0.3 is 0 Å². The molecular weight excluding hydrogens is 286 g/mol. The first-order valence-corrected chi connectivity index (χ1v) is 8.29. The molecule has 3 heteroatoms. The van der Waals surface area contributed by atoms with E-state index in [0.717, 1.165) is 34.5 Å². The molecule has 0 heterocycles. The van der Waals surface area contributed by atoms with Crippen molar-refractivity contribution in [3.63, 3.8) is 0 Å². The maximum atomic E-state index is 12.9. The molecule has 0 spiro atoms. The minimum Gasteiger partial charge on any atom is -0.379 e. The van der Waals surface area contributed by atoms with Crippen LogP contribution >= 0.6 is 0 Å². The zero-order chi connectivity index (χ0) is 17.3. The third kappa shape index (κ3) is 3.39. The summed E-state index contributed by atoms with van der Waals surface area (Å²) in [6, 6.07) is 4.11. The second-order valence-corrected chi connectivity index (χ2v) is 6.80. The van der Waals surface area contributed by atoms with Crippen LogP contribution in [0.3, 0.4) is 0 Å². The molecule has 2 unspecified atom stereocenters. The van der Waals surface area contributed by atoms with Crippen molar-refractivity contribution >= 4 is 11.6 Å². The number of allylic oxidation sites excluding steroid dienone is 1. The van der Waals surface area contributed by atoms with Crippen LogP contribution in [-0.4, -0.2) is 30.1 Å². The molecule has 23 heavy (non-hydrogen) atoms. The zero-order valence-electron chi connectivity index (χ0n) is 14.9. The van der Waals surface area contributed by atoms with Gasteiger partial charge in [0.15, 0.2) is 5.78 Å². The van der Waals surface area contributed by atoms with E-state index in [0.29, 0.717) is 12.8 Å². The highest BCUT2D eigenvalue weighted by atomic mass is 16.2. The van der Waals surface area contributed by atoms with Crippen LogP contribution in [0.4, 0.5) is 0 Å². The smallest absolute Gasteiger partial charge is 0.151 e. The summed E-state index contributed by atoms with van der Waals surface area (Å²) in [4.78, 5) is 27.4. The van der Waals surface area contributed by atoms with Crippen molar-refractivity contribution in [2.24, 2.45) is 5.92 Å². The number of aryl methyl sites for hydroxylation is 3. The SMILES string of the molecule is C=C(CC1CC(=O)C(c2c(C)cc(C)cc2C)C1=O)N(C)CC. The van der Waals surface area contributed by atoms with Gasteiger partial charge in [-0.05, 0) is 50.8 Å². The monoisotopic (exact) mass is 313 g/mol. The molecular formula is C20H27NO2. The van der Waals surface area contributed by atoms with E-state index in [1.54, 1.807) is 0 Å². The van der Waals surface area contributed by atoms with Crippen LogP contribution in [-0.2, 0) is 9.59 Å². The molecule has 0 N–H and O–H groups in total. The first kappa shape index (κ1) is 17.5. The molecule has 0 bridgehead atoms. The Morgan fingerprint density at radius 3 is 2.30 bits per heavy atom. The van der Waals surface area contributed by atoms with Gasteiger partial charge in [-0.2, -0.15) is 0 Å². The number of carbonyl (C=O) groups excluding carboxylic acids is 2. The second-order valence-electron chi connectivity index (χ2n) is 6.80. The van der Waals surface area contributed by atoms with Crippen molar-refractivity contribution < 1.29 is 9.59 Å². The third-order valence-corrected chi connectivity index (χ3v) is 4.98. The Hall–Kier alpha value is -1.90. The van der Waals surface area contributed by atoms with Crippen molar-refractivity contribution in [3.05, 3.63) is 46.7 Å². The predicted molar refractivity (Wildman–Crippen MR) is 93.6 cm³/mol. The molecule has 3 nitrogen and oxygen atoms in total. The van der Waals surface area contributed by atoms with Crippen molar-refractivity contribution in [1.29, 1.82) is 0 Å². The zero-order valence-corrected chi connectivity index (χ0v) is 14.9. The van der Waals surface area contributed by atoms with Crippen molar-refractivity contribution in [2.45, 2.75) is 46.5 Å². The van der Waals surface area contributed by atoms with E-state index < -0.39 is 5.92 Å². The lowest BCUT2D eigenvalue weighted by molar-refractivity contribution is -0.124. The number of rotatable bonds is 5. The molecule has 1 fully saturated rings. The van der Waals surface area contributed by atoms with E-state index >= 15 is 0 Å². The molecule has 0 amide bonds. The van der Waals surface area contributed by atoms with Crippen molar-refractivity contribution in [1.82, 2.24) is 4.90 Å². The van der Waals surface area contributed by atoms with Gasteiger partial charge in [-0.25, -0.2) is 0 Å². The maximum Gasteiger partial charge on any atom is 0.151 e. The molecule has 0 saturated heterocycles. The molecule has 1 aliphatic rings. The summed E-state index contributed by atoms with van der Waals surface area (Å²) in [5, 5.41) is 0. The topological polar surface area (TPSA) is 37.4 Å². The van der Waals surface area contributed by atoms with E-state index in [-0.39, 0.29) is 17.5 Å². The van der Waals surface area contributed by atoms with Gasteiger partial charge in [-0.3, -0.25) is 9.59 Å². The summed E-state index contributed by atoms with van der Waals surface area (Å²) in [5.41, 5.74) is 5.09. The predicted octanol–water partition coefficient (Wildman–Crippen LogP) is 3.71. The number of ketones is 2. The standard InChI is InChI=1S/C20H27NO2/c1-7-21(6)15(5)10-16-11-17(22)19(20(16)23)18-13(3)8-12(2)9-14(18)4/h8-9,16,19H,5,7,10-11H2,1-4,6H3. The third-order valence-electron chi connectivity index (χ3n) is 4.98. The maximum absolute atomic E-state index is 12.9. The Labute approximate surface area is 139 Å². The van der Waals surface area contributed by atoms with E-state index in [2.05, 4.69) is 25.6 Å². The number of hydrogen-bond acceptors (Lipinski definition) is 3. The average molecular weight is 313 g/mol. The van der Waals surface area contributed by atoms with E-state index in [4.69, 9.17) is 0 Å². The fraction of sp³-hybridized carbons (Fsp3) is 0.500. The van der Waals surface area contributed by atoms with E-state index in [9.17, 15) is 9.59 Å². The van der Waals surface area contributed by atoms with Crippen LogP contribution in [0.15, 0.2) is 24.4 Å². The summed E-state index contributed by atoms with van der Waals surface area (Å²) in [6.07, 6.45) is 0.919. The molecule has 2 rings (SSSR count). The molecule has 124 valence electrons. The Morgan fingerprint density at radius 2 is 1.78 bits per heavy atom. The highest BCUT2D eigenvalue weighted by Crippen LogP contribution is 2.38. The van der Waals surface area contributed by atoms with Gasteiger partial charge in [0.05, 0.1) is 0 Å². The molecule has 1 aliphatic carbocycles. The first-order chi connectivity index (χ1) is 10.8. The van der Waals surface area contributed by atoms with Gasteiger partial charge in [0.1, 0.15) is 11.7 Å². The van der Waals surface area contributed by atoms with Gasteiger partial charge in [0.25, 0.3) is 0 Å². The Morgan fingerprint density at radius 1 is 1.22 bits per heavy atom. The minimum atomic E-state index is -0.583. The van der Waals surface area contributed by atoms with Crippen LogP contribution in [0.1, 0.15) is 47.9 Å². The van der Waals surface area contributed by atoms with Gasteiger partial charge in [0, 0.05) is 31.6 Å². The molecule has 2 atom stereocenters. The Bertz CT molecular complexity index is 637. The number of nitrogens with zero attached hydrogens (tertiary/aromatic N) is 1. The highest BCUT2D eigenvalue weighted by molar-refractivity contribution is 6.15. The number of carbonyl (C=O) groups is 2. The summed E-state index contributed by atoms with van der Waals surface area (Å²) in [6.45, 7) is 13.0. The van der Waals surface area contributed by atoms with E-state index in [1.807, 2.05) is 32.7 Å². The molecule has 0 aliphatic heterocycles. The lowest BCUT2D eigenvalue weighted by Gasteiger charge is -2.22. The normalized spacial score (nSPS) is 20.9.